The molecule has 5 N–H and O–H groups in total. The number of carbonyl (C=O) groups excluding carboxylic acids is 1. The lowest BCUT2D eigenvalue weighted by Gasteiger charge is -2.30. The summed E-state index contributed by atoms with van der Waals surface area (Å²) in [4.78, 5) is 19.0. The van der Waals surface area contributed by atoms with Crippen LogP contribution in [-0.2, 0) is 0 Å². The van der Waals surface area contributed by atoms with E-state index in [1.54, 1.807) is 0 Å². The van der Waals surface area contributed by atoms with Gasteiger partial charge in [-0.2, -0.15) is 0 Å². The van der Waals surface area contributed by atoms with Crippen molar-refractivity contribution >= 4 is 28.2 Å². The number of nitrogens with zero attached hydrogens (tertiary/aromatic N) is 2. The van der Waals surface area contributed by atoms with Crippen molar-refractivity contribution < 1.29 is 4.79 Å². The van der Waals surface area contributed by atoms with Gasteiger partial charge in [0.05, 0.1) is 0 Å². The zero-order chi connectivity index (χ0) is 13.4. The standard InChI is InChI=1S/C12H19N5OS/c13-7-2-1-5-17(6-7)12-16-10(14)9(19-12)11(18)15-8-3-4-8/h7-8H,1-6,13-14H2,(H,15,18). The Balaban J connectivity index is 1.74. The van der Waals surface area contributed by atoms with Crippen LogP contribution < -0.4 is 21.7 Å². The molecule has 3 rings (SSSR count). The van der Waals surface area contributed by atoms with Crippen LogP contribution in [0.2, 0.25) is 0 Å². The number of rotatable bonds is 3. The van der Waals surface area contributed by atoms with Gasteiger partial charge in [-0.05, 0) is 25.7 Å². The van der Waals surface area contributed by atoms with E-state index >= 15 is 0 Å². The second kappa shape index (κ2) is 4.97. The van der Waals surface area contributed by atoms with Gasteiger partial charge in [0.15, 0.2) is 5.13 Å². The molecule has 1 aromatic rings. The van der Waals surface area contributed by atoms with E-state index in [1.807, 2.05) is 0 Å². The van der Waals surface area contributed by atoms with Gasteiger partial charge in [-0.15, -0.1) is 0 Å². The number of carbonyl (C=O) groups is 1. The highest BCUT2D eigenvalue weighted by Crippen LogP contribution is 2.30. The van der Waals surface area contributed by atoms with Gasteiger partial charge in [0.1, 0.15) is 10.7 Å². The van der Waals surface area contributed by atoms with E-state index in [0.29, 0.717) is 16.7 Å². The number of hydrogen-bond donors (Lipinski definition) is 3. The fourth-order valence-electron chi connectivity index (χ4n) is 2.28. The van der Waals surface area contributed by atoms with Crippen molar-refractivity contribution in [2.45, 2.75) is 37.8 Å². The van der Waals surface area contributed by atoms with Crippen LogP contribution >= 0.6 is 11.3 Å². The van der Waals surface area contributed by atoms with E-state index in [1.165, 1.54) is 11.3 Å². The zero-order valence-electron chi connectivity index (χ0n) is 10.8. The molecule has 1 atom stereocenters. The molecule has 1 saturated carbocycles. The summed E-state index contributed by atoms with van der Waals surface area (Å²) in [5.74, 6) is 0.238. The molecule has 0 bridgehead atoms. The quantitative estimate of drug-likeness (QED) is 0.751. The maximum absolute atomic E-state index is 12.0. The first-order valence-corrected chi connectivity index (χ1v) is 7.53. The van der Waals surface area contributed by atoms with E-state index in [0.717, 1.165) is 43.9 Å². The lowest BCUT2D eigenvalue weighted by molar-refractivity contribution is 0.0956. The molecule has 1 aliphatic heterocycles. The summed E-state index contributed by atoms with van der Waals surface area (Å²) in [7, 11) is 0. The van der Waals surface area contributed by atoms with Gasteiger partial charge in [-0.1, -0.05) is 11.3 Å². The summed E-state index contributed by atoms with van der Waals surface area (Å²) < 4.78 is 0. The first kappa shape index (κ1) is 12.7. The first-order valence-electron chi connectivity index (χ1n) is 6.71. The molecule has 7 heteroatoms. The highest BCUT2D eigenvalue weighted by Gasteiger charge is 2.27. The summed E-state index contributed by atoms with van der Waals surface area (Å²) >= 11 is 1.37. The molecule has 1 saturated heterocycles. The molecule has 1 aromatic heterocycles. The van der Waals surface area contributed by atoms with Crippen molar-refractivity contribution in [3.63, 3.8) is 0 Å². The van der Waals surface area contributed by atoms with Crippen molar-refractivity contribution in [2.24, 2.45) is 5.73 Å². The first-order chi connectivity index (χ1) is 9.13. The molecule has 2 heterocycles. The predicted octanol–water partition coefficient (Wildman–Crippen LogP) is 0.545. The van der Waals surface area contributed by atoms with Gasteiger partial charge < -0.3 is 21.7 Å². The maximum Gasteiger partial charge on any atom is 0.265 e. The Morgan fingerprint density at radius 3 is 2.89 bits per heavy atom. The molecule has 6 nitrogen and oxygen atoms in total. The molecular weight excluding hydrogens is 262 g/mol. The van der Waals surface area contributed by atoms with Crippen LogP contribution in [0.25, 0.3) is 0 Å². The number of anilines is 2. The lowest BCUT2D eigenvalue weighted by atomic mass is 10.1. The van der Waals surface area contributed by atoms with Crippen molar-refractivity contribution in [3.05, 3.63) is 4.88 Å². The van der Waals surface area contributed by atoms with Crippen LogP contribution in [0, 0.1) is 0 Å². The normalized spacial score (nSPS) is 23.4. The minimum Gasteiger partial charge on any atom is -0.382 e. The molecule has 0 spiro atoms. The number of hydrogen-bond acceptors (Lipinski definition) is 6. The number of amides is 1. The van der Waals surface area contributed by atoms with Gasteiger partial charge in [-0.25, -0.2) is 4.98 Å². The van der Waals surface area contributed by atoms with Crippen molar-refractivity contribution in [3.8, 4) is 0 Å². The molecule has 2 fully saturated rings. The van der Waals surface area contributed by atoms with Gasteiger partial charge in [0.2, 0.25) is 0 Å². The molecule has 2 aliphatic rings. The molecule has 1 unspecified atom stereocenters. The van der Waals surface area contributed by atoms with Crippen LogP contribution in [0.5, 0.6) is 0 Å². The molecule has 19 heavy (non-hydrogen) atoms. The topological polar surface area (TPSA) is 97.3 Å². The van der Waals surface area contributed by atoms with E-state index < -0.39 is 0 Å². The number of aromatic nitrogens is 1. The summed E-state index contributed by atoms with van der Waals surface area (Å²) in [5, 5.41) is 3.76. The van der Waals surface area contributed by atoms with Crippen molar-refractivity contribution in [2.75, 3.05) is 23.7 Å². The second-order valence-corrected chi connectivity index (χ2v) is 6.28. The maximum atomic E-state index is 12.0. The number of thiazole rings is 1. The van der Waals surface area contributed by atoms with Crippen LogP contribution in [0.3, 0.4) is 0 Å². The van der Waals surface area contributed by atoms with E-state index in [-0.39, 0.29) is 11.9 Å². The van der Waals surface area contributed by atoms with Gasteiger partial charge >= 0.3 is 0 Å². The Labute approximate surface area is 116 Å². The van der Waals surface area contributed by atoms with E-state index in [9.17, 15) is 4.79 Å². The fourth-order valence-corrected chi connectivity index (χ4v) is 3.20. The highest BCUT2D eigenvalue weighted by molar-refractivity contribution is 7.18. The second-order valence-electron chi connectivity index (χ2n) is 5.31. The Hall–Kier alpha value is -1.34. The van der Waals surface area contributed by atoms with Crippen LogP contribution in [0.1, 0.15) is 35.4 Å². The molecule has 0 aromatic carbocycles. The minimum absolute atomic E-state index is 0.0925. The predicted molar refractivity (Wildman–Crippen MR) is 76.4 cm³/mol. The Morgan fingerprint density at radius 1 is 1.42 bits per heavy atom. The fraction of sp³-hybridized carbons (Fsp3) is 0.667. The SMILES string of the molecule is Nc1nc(N2CCCC(N)C2)sc1C(=O)NC1CC1. The van der Waals surface area contributed by atoms with E-state index in [4.69, 9.17) is 11.5 Å². The van der Waals surface area contributed by atoms with Crippen LogP contribution in [0.4, 0.5) is 10.9 Å². The molecular formula is C12H19N5OS. The highest BCUT2D eigenvalue weighted by atomic mass is 32.1. The van der Waals surface area contributed by atoms with Gasteiger partial charge in [-0.3, -0.25) is 4.79 Å². The summed E-state index contributed by atoms with van der Waals surface area (Å²) in [5.41, 5.74) is 11.8. The van der Waals surface area contributed by atoms with Gasteiger partial charge in [0, 0.05) is 25.2 Å². The number of piperidine rings is 1. The Bertz CT molecular complexity index is 484. The average molecular weight is 281 g/mol. The Kier molecular flexibility index (Phi) is 3.32. The van der Waals surface area contributed by atoms with Crippen molar-refractivity contribution in [1.82, 2.24) is 10.3 Å². The third-order valence-electron chi connectivity index (χ3n) is 3.49. The molecule has 1 aliphatic carbocycles. The lowest BCUT2D eigenvalue weighted by Crippen LogP contribution is -2.42. The number of nitrogen functional groups attached to an aromatic ring is 1. The number of nitrogens with one attached hydrogen (secondary N) is 1. The largest absolute Gasteiger partial charge is 0.382 e. The summed E-state index contributed by atoms with van der Waals surface area (Å²) in [6, 6.07) is 0.517. The molecule has 104 valence electrons. The zero-order valence-corrected chi connectivity index (χ0v) is 11.6. The molecule has 0 radical (unpaired) electrons. The van der Waals surface area contributed by atoms with E-state index in [2.05, 4.69) is 15.2 Å². The average Bonchev–Trinajstić information content (AvgIpc) is 3.09. The summed E-state index contributed by atoms with van der Waals surface area (Å²) in [6.07, 6.45) is 4.24. The monoisotopic (exact) mass is 281 g/mol. The number of nitrogens with two attached hydrogens (primary N) is 2. The minimum atomic E-state index is -0.0925. The van der Waals surface area contributed by atoms with Crippen LogP contribution in [0.15, 0.2) is 0 Å². The van der Waals surface area contributed by atoms with Gasteiger partial charge in [0.25, 0.3) is 5.91 Å². The van der Waals surface area contributed by atoms with Crippen molar-refractivity contribution in [1.29, 1.82) is 0 Å². The third kappa shape index (κ3) is 2.82. The molecule has 1 amide bonds. The summed E-state index contributed by atoms with van der Waals surface area (Å²) in [6.45, 7) is 1.72. The third-order valence-corrected chi connectivity index (χ3v) is 4.62. The smallest absolute Gasteiger partial charge is 0.265 e. The Morgan fingerprint density at radius 2 is 2.21 bits per heavy atom. The van der Waals surface area contributed by atoms with Crippen LogP contribution in [-0.4, -0.2) is 36.1 Å².